The van der Waals surface area contributed by atoms with E-state index in [9.17, 15) is 8.42 Å². The fraction of sp³-hybridized carbons (Fsp3) is 0.611. The van der Waals surface area contributed by atoms with E-state index in [1.807, 2.05) is 12.1 Å². The number of unbranched alkanes of at least 4 members (excludes halogenated alkanes) is 6. The highest BCUT2D eigenvalue weighted by atomic mass is 32.2. The predicted molar refractivity (Wildman–Crippen MR) is 94.2 cm³/mol. The fourth-order valence-corrected chi connectivity index (χ4v) is 3.16. The van der Waals surface area contributed by atoms with Gasteiger partial charge in [0.2, 0.25) is 0 Å². The zero-order chi connectivity index (χ0) is 16.4. The van der Waals surface area contributed by atoms with Gasteiger partial charge in [0.1, 0.15) is 0 Å². The van der Waals surface area contributed by atoms with Crippen LogP contribution in [0.1, 0.15) is 77.2 Å². The summed E-state index contributed by atoms with van der Waals surface area (Å²) in [6, 6.07) is 7.01. The van der Waals surface area contributed by atoms with Crippen LogP contribution < -0.4 is 0 Å². The van der Waals surface area contributed by atoms with E-state index in [-0.39, 0.29) is 4.90 Å². The number of nitrogens with zero attached hydrogens (tertiary/aromatic N) is 1. The molecule has 0 spiro atoms. The van der Waals surface area contributed by atoms with Gasteiger partial charge in [-0.05, 0) is 36.5 Å². The Kier molecular flexibility index (Phi) is 8.39. The third kappa shape index (κ3) is 6.73. The zero-order valence-electron chi connectivity index (χ0n) is 14.1. The molecular weight excluding hydrogens is 294 g/mol. The lowest BCUT2D eigenvalue weighted by molar-refractivity contribution is 0.597. The Labute approximate surface area is 135 Å². The van der Waals surface area contributed by atoms with Crippen LogP contribution in [0.15, 0.2) is 33.6 Å². The molecule has 4 heteroatoms. The minimum atomic E-state index is -3.53. The Balaban J connectivity index is 2.44. The Morgan fingerprint density at radius 1 is 1.00 bits per heavy atom. The summed E-state index contributed by atoms with van der Waals surface area (Å²) >= 11 is 0. The number of hydrogen-bond donors (Lipinski definition) is 0. The highest BCUT2D eigenvalue weighted by Crippen LogP contribution is 2.18. The van der Waals surface area contributed by atoms with Crippen molar-refractivity contribution in [2.75, 3.05) is 0 Å². The number of benzene rings is 1. The van der Waals surface area contributed by atoms with E-state index in [0.717, 1.165) is 24.8 Å². The van der Waals surface area contributed by atoms with E-state index < -0.39 is 10.0 Å². The molecule has 1 aromatic rings. The molecule has 0 radical (unpaired) electrons. The van der Waals surface area contributed by atoms with Gasteiger partial charge in [-0.25, -0.2) is 0 Å². The van der Waals surface area contributed by atoms with Crippen molar-refractivity contribution in [2.45, 2.75) is 76.5 Å². The maximum Gasteiger partial charge on any atom is 0.281 e. The first-order valence-electron chi connectivity index (χ1n) is 8.36. The summed E-state index contributed by atoms with van der Waals surface area (Å²) in [5, 5.41) is 0. The fourth-order valence-electron chi connectivity index (χ4n) is 2.25. The average molecular weight is 324 g/mol. The van der Waals surface area contributed by atoms with E-state index in [4.69, 9.17) is 0 Å². The van der Waals surface area contributed by atoms with Crippen LogP contribution in [0.5, 0.6) is 0 Å². The van der Waals surface area contributed by atoms with Crippen molar-refractivity contribution < 1.29 is 8.42 Å². The van der Waals surface area contributed by atoms with Crippen LogP contribution in [0.2, 0.25) is 0 Å². The Morgan fingerprint density at radius 3 is 2.18 bits per heavy atom. The van der Waals surface area contributed by atoms with Gasteiger partial charge in [-0.15, -0.1) is 0 Å². The lowest BCUT2D eigenvalue weighted by atomic mass is 10.0. The van der Waals surface area contributed by atoms with E-state index in [1.54, 1.807) is 18.3 Å². The maximum absolute atomic E-state index is 12.1. The largest absolute Gasteiger partial charge is 0.281 e. The second-order valence-corrected chi connectivity index (χ2v) is 7.68. The highest BCUT2D eigenvalue weighted by molar-refractivity contribution is 7.90. The SMILES string of the molecule is CCCCCCCC/C=N/S(=O)(=O)c1ccc(C(C)C)cc1. The smallest absolute Gasteiger partial charge is 0.199 e. The van der Waals surface area contributed by atoms with E-state index >= 15 is 0 Å². The van der Waals surface area contributed by atoms with Gasteiger partial charge >= 0.3 is 0 Å². The zero-order valence-corrected chi connectivity index (χ0v) is 14.9. The summed E-state index contributed by atoms with van der Waals surface area (Å²) in [5.74, 6) is 0.396. The van der Waals surface area contributed by atoms with Crippen molar-refractivity contribution in [3.8, 4) is 0 Å². The minimum absolute atomic E-state index is 0.274. The van der Waals surface area contributed by atoms with Crippen LogP contribution >= 0.6 is 0 Å². The van der Waals surface area contributed by atoms with Crippen LogP contribution in [0.25, 0.3) is 0 Å². The Hall–Kier alpha value is -1.16. The second kappa shape index (κ2) is 9.78. The summed E-state index contributed by atoms with van der Waals surface area (Å²) in [4.78, 5) is 0.274. The van der Waals surface area contributed by atoms with Gasteiger partial charge in [0.25, 0.3) is 10.0 Å². The van der Waals surface area contributed by atoms with E-state index in [0.29, 0.717) is 5.92 Å². The summed E-state index contributed by atoms with van der Waals surface area (Å²) < 4.78 is 28.0. The predicted octanol–water partition coefficient (Wildman–Crippen LogP) is 5.32. The molecule has 0 N–H and O–H groups in total. The number of sulfonamides is 1. The first-order chi connectivity index (χ1) is 10.5. The lowest BCUT2D eigenvalue weighted by Crippen LogP contribution is -1.98. The molecule has 0 aliphatic carbocycles. The molecule has 22 heavy (non-hydrogen) atoms. The molecule has 0 aliphatic heterocycles. The molecule has 0 aliphatic rings. The molecule has 0 saturated heterocycles. The number of hydrogen-bond acceptors (Lipinski definition) is 2. The molecule has 0 fully saturated rings. The molecule has 0 aromatic heterocycles. The molecule has 0 atom stereocenters. The van der Waals surface area contributed by atoms with Gasteiger partial charge in [-0.1, -0.05) is 65.0 Å². The van der Waals surface area contributed by atoms with Crippen molar-refractivity contribution in [1.29, 1.82) is 0 Å². The Morgan fingerprint density at radius 2 is 1.59 bits per heavy atom. The van der Waals surface area contributed by atoms with Gasteiger partial charge < -0.3 is 0 Å². The molecular formula is C18H29NO2S. The van der Waals surface area contributed by atoms with Gasteiger partial charge in [-0.3, -0.25) is 0 Å². The second-order valence-electron chi connectivity index (χ2n) is 6.04. The molecule has 0 heterocycles. The number of rotatable bonds is 10. The van der Waals surface area contributed by atoms with E-state index in [1.165, 1.54) is 25.7 Å². The summed E-state index contributed by atoms with van der Waals surface area (Å²) in [6.45, 7) is 6.37. The van der Waals surface area contributed by atoms with Crippen molar-refractivity contribution in [3.63, 3.8) is 0 Å². The van der Waals surface area contributed by atoms with Gasteiger partial charge in [0, 0.05) is 6.21 Å². The summed E-state index contributed by atoms with van der Waals surface area (Å²) in [5.41, 5.74) is 1.13. The van der Waals surface area contributed by atoms with Crippen LogP contribution in [0.4, 0.5) is 0 Å². The van der Waals surface area contributed by atoms with Crippen molar-refractivity contribution in [2.24, 2.45) is 4.40 Å². The van der Waals surface area contributed by atoms with Crippen LogP contribution in [-0.4, -0.2) is 14.6 Å². The van der Waals surface area contributed by atoms with E-state index in [2.05, 4.69) is 25.2 Å². The van der Waals surface area contributed by atoms with Crippen LogP contribution in [-0.2, 0) is 10.0 Å². The average Bonchev–Trinajstić information content (AvgIpc) is 2.50. The minimum Gasteiger partial charge on any atom is -0.199 e. The van der Waals surface area contributed by atoms with Crippen LogP contribution in [0, 0.1) is 0 Å². The molecule has 0 bridgehead atoms. The first-order valence-corrected chi connectivity index (χ1v) is 9.80. The highest BCUT2D eigenvalue weighted by Gasteiger charge is 2.11. The third-order valence-corrected chi connectivity index (χ3v) is 5.04. The molecule has 0 amide bonds. The normalized spacial score (nSPS) is 12.4. The van der Waals surface area contributed by atoms with Crippen molar-refractivity contribution >= 4 is 16.2 Å². The van der Waals surface area contributed by atoms with Gasteiger partial charge in [0.15, 0.2) is 0 Å². The maximum atomic E-state index is 12.1. The van der Waals surface area contributed by atoms with Gasteiger partial charge in [0.05, 0.1) is 4.90 Å². The lowest BCUT2D eigenvalue weighted by Gasteiger charge is -2.05. The van der Waals surface area contributed by atoms with Crippen molar-refractivity contribution in [3.05, 3.63) is 29.8 Å². The standard InChI is InChI=1S/C18H29NO2S/c1-4-5-6-7-8-9-10-15-19-22(20,21)18-13-11-17(12-14-18)16(2)3/h11-16H,4-10H2,1-3H3/b19-15+. The molecule has 124 valence electrons. The first kappa shape index (κ1) is 18.9. The summed E-state index contributed by atoms with van der Waals surface area (Å²) in [7, 11) is -3.53. The Bertz CT molecular complexity index is 545. The molecule has 3 nitrogen and oxygen atoms in total. The molecule has 0 saturated carbocycles. The summed E-state index contributed by atoms with van der Waals surface area (Å²) in [6.07, 6.45) is 9.47. The molecule has 0 unspecified atom stereocenters. The quantitative estimate of drug-likeness (QED) is 0.432. The van der Waals surface area contributed by atoms with Crippen molar-refractivity contribution in [1.82, 2.24) is 0 Å². The monoisotopic (exact) mass is 323 g/mol. The molecule has 1 aromatic carbocycles. The molecule has 1 rings (SSSR count). The van der Waals surface area contributed by atoms with Gasteiger partial charge in [-0.2, -0.15) is 12.8 Å². The topological polar surface area (TPSA) is 46.5 Å². The van der Waals surface area contributed by atoms with Crippen LogP contribution in [0.3, 0.4) is 0 Å². The third-order valence-electron chi connectivity index (χ3n) is 3.74.